The van der Waals surface area contributed by atoms with Gasteiger partial charge in [0.2, 0.25) is 17.7 Å². The van der Waals surface area contributed by atoms with Crippen molar-refractivity contribution in [3.05, 3.63) is 29.8 Å². The molecule has 10 N–H and O–H groups in total. The number of phenolic OH excluding ortho intramolecular Hbond substituents is 1. The predicted molar refractivity (Wildman–Crippen MR) is 141 cm³/mol. The van der Waals surface area contributed by atoms with E-state index in [0.29, 0.717) is 37.1 Å². The van der Waals surface area contributed by atoms with Gasteiger partial charge in [-0.25, -0.2) is 4.79 Å². The van der Waals surface area contributed by atoms with Crippen molar-refractivity contribution >= 4 is 35.5 Å². The van der Waals surface area contributed by atoms with E-state index in [0.717, 1.165) is 0 Å². The van der Waals surface area contributed by atoms with Crippen LogP contribution in [0.2, 0.25) is 0 Å². The number of benzene rings is 1. The Morgan fingerprint density at radius 1 is 0.946 bits per heavy atom. The van der Waals surface area contributed by atoms with Gasteiger partial charge in [0, 0.05) is 6.42 Å². The van der Waals surface area contributed by atoms with Crippen molar-refractivity contribution in [1.82, 2.24) is 16.0 Å². The number of thioether (sulfide) groups is 1. The first-order chi connectivity index (χ1) is 17.5. The number of hydrogen-bond donors (Lipinski definition) is 8. The van der Waals surface area contributed by atoms with E-state index >= 15 is 0 Å². The molecule has 1 rings (SSSR count). The van der Waals surface area contributed by atoms with Gasteiger partial charge >= 0.3 is 5.97 Å². The number of carbonyl (C=O) groups excluding carboxylic acids is 3. The summed E-state index contributed by atoms with van der Waals surface area (Å²) in [6.07, 6.45) is 2.21. The number of carboxylic acid groups (broad SMARTS) is 1. The van der Waals surface area contributed by atoms with Gasteiger partial charge in [0.05, 0.1) is 12.1 Å². The van der Waals surface area contributed by atoms with Gasteiger partial charge in [-0.3, -0.25) is 14.4 Å². The minimum atomic E-state index is -1.48. The topological polar surface area (TPSA) is 217 Å². The molecule has 1 aromatic carbocycles. The molecule has 0 saturated carbocycles. The van der Waals surface area contributed by atoms with Crippen LogP contribution in [-0.4, -0.2) is 87.8 Å². The molecule has 0 heterocycles. The fraction of sp³-hybridized carbons (Fsp3) is 0.583. The molecular formula is C24H39N5O7S. The first kappa shape index (κ1) is 32.2. The molecule has 5 unspecified atom stereocenters. The summed E-state index contributed by atoms with van der Waals surface area (Å²) >= 11 is 1.53. The van der Waals surface area contributed by atoms with Gasteiger partial charge in [0.15, 0.2) is 0 Å². The minimum absolute atomic E-state index is 0.00913. The van der Waals surface area contributed by atoms with Gasteiger partial charge in [0.25, 0.3) is 0 Å². The Labute approximate surface area is 220 Å². The normalized spacial score (nSPS) is 15.1. The number of rotatable bonds is 17. The Kier molecular flexibility index (Phi) is 14.6. The second-order valence-electron chi connectivity index (χ2n) is 8.73. The zero-order chi connectivity index (χ0) is 28.0. The number of nitrogens with two attached hydrogens (primary N) is 2. The monoisotopic (exact) mass is 541 g/mol. The number of aliphatic hydroxyl groups is 1. The molecule has 208 valence electrons. The lowest BCUT2D eigenvalue weighted by Gasteiger charge is -2.26. The summed E-state index contributed by atoms with van der Waals surface area (Å²) in [4.78, 5) is 50.2. The second kappa shape index (κ2) is 16.8. The summed E-state index contributed by atoms with van der Waals surface area (Å²) in [5.41, 5.74) is 12.0. The van der Waals surface area contributed by atoms with E-state index in [9.17, 15) is 34.5 Å². The van der Waals surface area contributed by atoms with Crippen LogP contribution in [0.25, 0.3) is 0 Å². The Hall–Kier alpha value is -2.87. The fourth-order valence-electron chi connectivity index (χ4n) is 3.40. The molecule has 1 aromatic rings. The smallest absolute Gasteiger partial charge is 0.326 e. The molecule has 0 aliphatic rings. The predicted octanol–water partition coefficient (Wildman–Crippen LogP) is -0.936. The number of amides is 3. The van der Waals surface area contributed by atoms with Crippen molar-refractivity contribution in [2.45, 2.75) is 69.3 Å². The molecular weight excluding hydrogens is 502 g/mol. The third kappa shape index (κ3) is 11.8. The van der Waals surface area contributed by atoms with Gasteiger partial charge in [-0.05, 0) is 68.9 Å². The van der Waals surface area contributed by atoms with Gasteiger partial charge in [-0.1, -0.05) is 12.1 Å². The zero-order valence-electron chi connectivity index (χ0n) is 21.2. The van der Waals surface area contributed by atoms with Crippen LogP contribution in [-0.2, 0) is 25.6 Å². The van der Waals surface area contributed by atoms with Crippen molar-refractivity contribution in [2.24, 2.45) is 11.5 Å². The van der Waals surface area contributed by atoms with Crippen LogP contribution in [0.1, 0.15) is 38.2 Å². The van der Waals surface area contributed by atoms with E-state index in [1.54, 1.807) is 0 Å². The summed E-state index contributed by atoms with van der Waals surface area (Å²) in [5.74, 6) is -2.78. The van der Waals surface area contributed by atoms with Gasteiger partial charge in [-0.15, -0.1) is 0 Å². The quantitative estimate of drug-likeness (QED) is 0.113. The molecule has 37 heavy (non-hydrogen) atoms. The van der Waals surface area contributed by atoms with Crippen LogP contribution < -0.4 is 27.4 Å². The third-order valence-corrected chi connectivity index (χ3v) is 6.25. The van der Waals surface area contributed by atoms with E-state index in [1.807, 2.05) is 6.26 Å². The molecule has 3 amide bonds. The maximum Gasteiger partial charge on any atom is 0.326 e. The lowest BCUT2D eigenvalue weighted by molar-refractivity contribution is -0.143. The fourth-order valence-corrected chi connectivity index (χ4v) is 3.89. The van der Waals surface area contributed by atoms with E-state index in [-0.39, 0.29) is 18.6 Å². The first-order valence-electron chi connectivity index (χ1n) is 12.0. The average Bonchev–Trinajstić information content (AvgIpc) is 2.85. The number of unbranched alkanes of at least 4 members (excludes halogenated alkanes) is 1. The first-order valence-corrected chi connectivity index (χ1v) is 13.4. The molecule has 0 aromatic heterocycles. The zero-order valence-corrected chi connectivity index (χ0v) is 22.0. The number of aromatic hydroxyl groups is 1. The molecule has 0 spiro atoms. The highest BCUT2D eigenvalue weighted by atomic mass is 32.2. The standard InChI is InChI=1S/C24H39N5O7S/c1-14(30)20(23(34)28-19(24(35)36)13-15-6-8-16(31)9-7-15)29-22(33)18(5-3-4-11-25)27-21(32)17(26)10-12-37-2/h6-9,14,17-20,30-31H,3-5,10-13,25-26H2,1-2H3,(H,27,32)(H,28,34)(H,29,33)(H,35,36). The van der Waals surface area contributed by atoms with Crippen molar-refractivity contribution in [2.75, 3.05) is 18.6 Å². The summed E-state index contributed by atoms with van der Waals surface area (Å²) in [6.45, 7) is 1.67. The summed E-state index contributed by atoms with van der Waals surface area (Å²) < 4.78 is 0. The van der Waals surface area contributed by atoms with E-state index in [4.69, 9.17) is 11.5 Å². The van der Waals surface area contributed by atoms with Crippen LogP contribution >= 0.6 is 11.8 Å². The van der Waals surface area contributed by atoms with Crippen molar-refractivity contribution < 1.29 is 34.5 Å². The highest BCUT2D eigenvalue weighted by molar-refractivity contribution is 7.98. The highest BCUT2D eigenvalue weighted by Gasteiger charge is 2.32. The molecule has 0 aliphatic heterocycles. The van der Waals surface area contributed by atoms with E-state index in [2.05, 4.69) is 16.0 Å². The number of nitrogens with one attached hydrogen (secondary N) is 3. The molecule has 0 saturated heterocycles. The Balaban J connectivity index is 2.94. The second-order valence-corrected chi connectivity index (χ2v) is 9.72. The number of aliphatic hydroxyl groups excluding tert-OH is 1. The van der Waals surface area contributed by atoms with E-state index in [1.165, 1.54) is 43.0 Å². The summed E-state index contributed by atoms with van der Waals surface area (Å²) in [7, 11) is 0. The van der Waals surface area contributed by atoms with Crippen molar-refractivity contribution in [1.29, 1.82) is 0 Å². The molecule has 0 bridgehead atoms. The van der Waals surface area contributed by atoms with Gasteiger partial charge in [-0.2, -0.15) is 11.8 Å². The number of aliphatic carboxylic acids is 1. The average molecular weight is 542 g/mol. The van der Waals surface area contributed by atoms with E-state index < -0.39 is 54.0 Å². The van der Waals surface area contributed by atoms with Crippen molar-refractivity contribution in [3.63, 3.8) is 0 Å². The molecule has 5 atom stereocenters. The molecule has 0 radical (unpaired) electrons. The van der Waals surface area contributed by atoms with Crippen LogP contribution in [0.5, 0.6) is 5.75 Å². The largest absolute Gasteiger partial charge is 0.508 e. The Bertz CT molecular complexity index is 885. The number of phenols is 1. The number of hydrogen-bond acceptors (Lipinski definition) is 9. The molecule has 12 nitrogen and oxygen atoms in total. The lowest BCUT2D eigenvalue weighted by Crippen LogP contribution is -2.60. The Morgan fingerprint density at radius 3 is 2.11 bits per heavy atom. The molecule has 0 aliphatic carbocycles. The lowest BCUT2D eigenvalue weighted by atomic mass is 10.0. The highest BCUT2D eigenvalue weighted by Crippen LogP contribution is 2.12. The van der Waals surface area contributed by atoms with Crippen LogP contribution in [0, 0.1) is 0 Å². The number of carboxylic acids is 1. The van der Waals surface area contributed by atoms with Crippen LogP contribution in [0.15, 0.2) is 24.3 Å². The molecule has 13 heteroatoms. The van der Waals surface area contributed by atoms with Gasteiger partial charge in [0.1, 0.15) is 23.9 Å². The van der Waals surface area contributed by atoms with Crippen molar-refractivity contribution in [3.8, 4) is 5.75 Å². The summed E-state index contributed by atoms with van der Waals surface area (Å²) in [6, 6.07) is 1.14. The SMILES string of the molecule is CSCCC(N)C(=O)NC(CCCCN)C(=O)NC(C(=O)NC(Cc1ccc(O)cc1)C(=O)O)C(C)O. The maximum absolute atomic E-state index is 13.0. The molecule has 0 fully saturated rings. The Morgan fingerprint density at radius 2 is 1.57 bits per heavy atom. The number of carbonyl (C=O) groups is 4. The van der Waals surface area contributed by atoms with Gasteiger partial charge < -0.3 is 42.7 Å². The minimum Gasteiger partial charge on any atom is -0.508 e. The summed E-state index contributed by atoms with van der Waals surface area (Å²) in [5, 5.41) is 36.5. The van der Waals surface area contributed by atoms with Crippen LogP contribution in [0.4, 0.5) is 0 Å². The third-order valence-electron chi connectivity index (χ3n) is 5.60. The van der Waals surface area contributed by atoms with Crippen LogP contribution in [0.3, 0.4) is 0 Å². The maximum atomic E-state index is 13.0.